The SMILES string of the molecule is CCC(N)/C(C)=C(/C)C(=O)ON. The van der Waals surface area contributed by atoms with Gasteiger partial charge >= 0.3 is 5.97 Å². The Morgan fingerprint density at radius 3 is 2.33 bits per heavy atom. The molecule has 0 fully saturated rings. The molecule has 0 saturated carbocycles. The van der Waals surface area contributed by atoms with Crippen LogP contribution in [-0.4, -0.2) is 12.0 Å². The third-order valence-electron chi connectivity index (χ3n) is 2.00. The molecule has 0 aliphatic carbocycles. The van der Waals surface area contributed by atoms with E-state index in [1.807, 2.05) is 6.92 Å². The van der Waals surface area contributed by atoms with Crippen LogP contribution in [0.15, 0.2) is 11.1 Å². The maximum atomic E-state index is 10.9. The van der Waals surface area contributed by atoms with Crippen molar-refractivity contribution in [1.82, 2.24) is 0 Å². The minimum atomic E-state index is -0.517. The van der Waals surface area contributed by atoms with Crippen LogP contribution >= 0.6 is 0 Å². The summed E-state index contributed by atoms with van der Waals surface area (Å²) in [4.78, 5) is 15.0. The Labute approximate surface area is 72.5 Å². The van der Waals surface area contributed by atoms with Gasteiger partial charge in [0.2, 0.25) is 0 Å². The minimum Gasteiger partial charge on any atom is -0.370 e. The largest absolute Gasteiger partial charge is 0.370 e. The molecule has 0 amide bonds. The zero-order valence-electron chi connectivity index (χ0n) is 7.76. The first-order chi connectivity index (χ1) is 5.54. The molecule has 0 bridgehead atoms. The van der Waals surface area contributed by atoms with Crippen LogP contribution in [-0.2, 0) is 9.63 Å². The first-order valence-corrected chi connectivity index (χ1v) is 3.88. The lowest BCUT2D eigenvalue weighted by Gasteiger charge is -2.11. The van der Waals surface area contributed by atoms with Gasteiger partial charge in [-0.1, -0.05) is 6.92 Å². The molecule has 12 heavy (non-hydrogen) atoms. The molecule has 0 saturated heterocycles. The molecule has 0 aromatic rings. The molecule has 0 aliphatic rings. The smallest absolute Gasteiger partial charge is 0.352 e. The molecule has 4 heteroatoms. The van der Waals surface area contributed by atoms with Crippen molar-refractivity contribution in [3.63, 3.8) is 0 Å². The number of carbonyl (C=O) groups excluding carboxylic acids is 1. The topological polar surface area (TPSA) is 78.3 Å². The second kappa shape index (κ2) is 4.90. The fourth-order valence-electron chi connectivity index (χ4n) is 0.834. The lowest BCUT2D eigenvalue weighted by atomic mass is 10.0. The number of rotatable bonds is 3. The summed E-state index contributed by atoms with van der Waals surface area (Å²) in [5, 5.41) is 0. The van der Waals surface area contributed by atoms with Crippen LogP contribution in [0.4, 0.5) is 0 Å². The average molecular weight is 172 g/mol. The Hall–Kier alpha value is -0.870. The van der Waals surface area contributed by atoms with Gasteiger partial charge in [0.05, 0.1) is 0 Å². The van der Waals surface area contributed by atoms with E-state index in [4.69, 9.17) is 11.6 Å². The van der Waals surface area contributed by atoms with Crippen molar-refractivity contribution in [3.05, 3.63) is 11.1 Å². The van der Waals surface area contributed by atoms with Crippen LogP contribution in [0, 0.1) is 0 Å². The van der Waals surface area contributed by atoms with E-state index >= 15 is 0 Å². The van der Waals surface area contributed by atoms with E-state index in [1.54, 1.807) is 13.8 Å². The molecule has 0 rings (SSSR count). The Kier molecular flexibility index (Phi) is 4.54. The van der Waals surface area contributed by atoms with Gasteiger partial charge in [-0.05, 0) is 25.8 Å². The molecule has 4 nitrogen and oxygen atoms in total. The van der Waals surface area contributed by atoms with Crippen LogP contribution in [0.1, 0.15) is 27.2 Å². The van der Waals surface area contributed by atoms with Crippen LogP contribution in [0.5, 0.6) is 0 Å². The van der Waals surface area contributed by atoms with Gasteiger partial charge in [-0.2, -0.15) is 5.90 Å². The standard InChI is InChI=1S/C8H16N2O2/c1-4-7(9)5(2)6(3)8(11)12-10/h7H,4,9-10H2,1-3H3/b6-5-. The van der Waals surface area contributed by atoms with E-state index in [9.17, 15) is 4.79 Å². The second-order valence-corrected chi connectivity index (χ2v) is 2.73. The van der Waals surface area contributed by atoms with Gasteiger partial charge in [-0.15, -0.1) is 0 Å². The van der Waals surface area contributed by atoms with Crippen LogP contribution in [0.3, 0.4) is 0 Å². The molecular weight excluding hydrogens is 156 g/mol. The summed E-state index contributed by atoms with van der Waals surface area (Å²) >= 11 is 0. The monoisotopic (exact) mass is 172 g/mol. The van der Waals surface area contributed by atoms with Gasteiger partial charge in [0.1, 0.15) is 0 Å². The lowest BCUT2D eigenvalue weighted by molar-refractivity contribution is -0.139. The van der Waals surface area contributed by atoms with E-state index in [-0.39, 0.29) is 6.04 Å². The second-order valence-electron chi connectivity index (χ2n) is 2.73. The normalized spacial score (nSPS) is 15.1. The van der Waals surface area contributed by atoms with Crippen LogP contribution in [0.2, 0.25) is 0 Å². The quantitative estimate of drug-likeness (QED) is 0.479. The van der Waals surface area contributed by atoms with Crippen molar-refractivity contribution in [2.24, 2.45) is 11.6 Å². The summed E-state index contributed by atoms with van der Waals surface area (Å²) < 4.78 is 0. The third-order valence-corrected chi connectivity index (χ3v) is 2.00. The van der Waals surface area contributed by atoms with Crippen molar-refractivity contribution in [2.75, 3.05) is 0 Å². The molecule has 0 aromatic carbocycles. The van der Waals surface area contributed by atoms with E-state index < -0.39 is 5.97 Å². The molecule has 0 heterocycles. The molecule has 0 spiro atoms. The number of carbonyl (C=O) groups is 1. The van der Waals surface area contributed by atoms with Crippen molar-refractivity contribution in [1.29, 1.82) is 0 Å². The zero-order chi connectivity index (χ0) is 9.72. The van der Waals surface area contributed by atoms with Gasteiger partial charge in [0, 0.05) is 11.6 Å². The van der Waals surface area contributed by atoms with Crippen molar-refractivity contribution in [3.8, 4) is 0 Å². The number of nitrogens with two attached hydrogens (primary N) is 2. The first kappa shape index (κ1) is 11.1. The van der Waals surface area contributed by atoms with E-state index in [2.05, 4.69) is 4.84 Å². The van der Waals surface area contributed by atoms with Gasteiger partial charge in [0.25, 0.3) is 0 Å². The highest BCUT2D eigenvalue weighted by Crippen LogP contribution is 2.09. The Bertz CT molecular complexity index is 199. The highest BCUT2D eigenvalue weighted by Gasteiger charge is 2.11. The predicted octanol–water partition coefficient (Wildman–Crippen LogP) is 0.477. The Morgan fingerprint density at radius 2 is 2.00 bits per heavy atom. The molecular formula is C8H16N2O2. The zero-order valence-corrected chi connectivity index (χ0v) is 7.76. The van der Waals surface area contributed by atoms with Gasteiger partial charge in [0.15, 0.2) is 0 Å². The van der Waals surface area contributed by atoms with Crippen LogP contribution in [0.25, 0.3) is 0 Å². The van der Waals surface area contributed by atoms with Gasteiger partial charge < -0.3 is 10.6 Å². The number of hydrogen-bond acceptors (Lipinski definition) is 4. The molecule has 0 radical (unpaired) electrons. The lowest BCUT2D eigenvalue weighted by Crippen LogP contribution is -2.23. The minimum absolute atomic E-state index is 0.0934. The van der Waals surface area contributed by atoms with Crippen molar-refractivity contribution >= 4 is 5.97 Å². The summed E-state index contributed by atoms with van der Waals surface area (Å²) in [6.07, 6.45) is 0.793. The van der Waals surface area contributed by atoms with Gasteiger partial charge in [-0.25, -0.2) is 4.79 Å². The maximum Gasteiger partial charge on any atom is 0.352 e. The molecule has 70 valence electrons. The summed E-state index contributed by atoms with van der Waals surface area (Å²) in [7, 11) is 0. The third kappa shape index (κ3) is 2.64. The van der Waals surface area contributed by atoms with Crippen LogP contribution < -0.4 is 11.6 Å². The summed E-state index contributed by atoms with van der Waals surface area (Å²) in [6.45, 7) is 5.41. The Morgan fingerprint density at radius 1 is 1.50 bits per heavy atom. The highest BCUT2D eigenvalue weighted by molar-refractivity contribution is 5.88. The van der Waals surface area contributed by atoms with Crippen molar-refractivity contribution < 1.29 is 9.63 Å². The fourth-order valence-corrected chi connectivity index (χ4v) is 0.834. The van der Waals surface area contributed by atoms with Gasteiger partial charge in [-0.3, -0.25) is 0 Å². The summed E-state index contributed by atoms with van der Waals surface area (Å²) in [5.41, 5.74) is 7.02. The van der Waals surface area contributed by atoms with E-state index in [0.29, 0.717) is 5.57 Å². The molecule has 0 aromatic heterocycles. The van der Waals surface area contributed by atoms with Crippen molar-refractivity contribution in [2.45, 2.75) is 33.2 Å². The van der Waals surface area contributed by atoms with E-state index in [1.165, 1.54) is 0 Å². The maximum absolute atomic E-state index is 10.9. The molecule has 4 N–H and O–H groups in total. The van der Waals surface area contributed by atoms with E-state index in [0.717, 1.165) is 12.0 Å². The molecule has 1 atom stereocenters. The fraction of sp³-hybridized carbons (Fsp3) is 0.625. The first-order valence-electron chi connectivity index (χ1n) is 3.88. The highest BCUT2D eigenvalue weighted by atomic mass is 16.7. The Balaban J connectivity index is 4.56. The summed E-state index contributed by atoms with van der Waals surface area (Å²) in [6, 6.07) is -0.0934. The summed E-state index contributed by atoms with van der Waals surface area (Å²) in [5.74, 6) is 4.21. The molecule has 0 aliphatic heterocycles. The average Bonchev–Trinajstić information content (AvgIpc) is 2.12. The number of hydrogen-bond donors (Lipinski definition) is 2. The predicted molar refractivity (Wildman–Crippen MR) is 46.9 cm³/mol. The molecule has 1 unspecified atom stereocenters.